The molecule has 1 aliphatic rings. The van der Waals surface area contributed by atoms with E-state index < -0.39 is 11.4 Å². The summed E-state index contributed by atoms with van der Waals surface area (Å²) in [6.45, 7) is 2.81. The summed E-state index contributed by atoms with van der Waals surface area (Å²) in [7, 11) is 0. The Morgan fingerprint density at radius 2 is 2.05 bits per heavy atom. The number of carbonyl (C=O) groups is 2. The molecular formula is C14H18ClN3O3. The van der Waals surface area contributed by atoms with Crippen LogP contribution in [-0.2, 0) is 4.79 Å². The molecule has 0 aromatic carbocycles. The number of carboxylic acids is 1. The van der Waals surface area contributed by atoms with Gasteiger partial charge in [0.2, 0.25) is 0 Å². The van der Waals surface area contributed by atoms with Crippen molar-refractivity contribution in [1.82, 2.24) is 14.9 Å². The fourth-order valence-electron chi connectivity index (χ4n) is 2.79. The summed E-state index contributed by atoms with van der Waals surface area (Å²) < 4.78 is 0. The van der Waals surface area contributed by atoms with Crippen LogP contribution in [0.4, 0.5) is 0 Å². The predicted octanol–water partition coefficient (Wildman–Crippen LogP) is 2.24. The van der Waals surface area contributed by atoms with Crippen molar-refractivity contribution >= 4 is 23.5 Å². The van der Waals surface area contributed by atoms with Crippen LogP contribution in [0.2, 0.25) is 5.15 Å². The van der Waals surface area contributed by atoms with Gasteiger partial charge in [0, 0.05) is 13.1 Å². The Morgan fingerprint density at radius 3 is 2.57 bits per heavy atom. The van der Waals surface area contributed by atoms with Crippen LogP contribution in [0.5, 0.6) is 0 Å². The zero-order valence-corrected chi connectivity index (χ0v) is 12.6. The van der Waals surface area contributed by atoms with Crippen LogP contribution in [0.25, 0.3) is 0 Å². The standard InChI is InChI=1S/C14H18ClN3O3/c1-2-3-14(13(20)21)4-6-18(7-5-14)12(19)10-8-16-9-11(15)17-10/h8-9H,2-7H2,1H3,(H,20,21). The Bertz CT molecular complexity index is 542. The second-order valence-electron chi connectivity index (χ2n) is 5.35. The third-order valence-corrected chi connectivity index (χ3v) is 4.20. The number of aromatic nitrogens is 2. The highest BCUT2D eigenvalue weighted by molar-refractivity contribution is 6.29. The van der Waals surface area contributed by atoms with Gasteiger partial charge in [-0.3, -0.25) is 14.6 Å². The number of carboxylic acid groups (broad SMARTS) is 1. The summed E-state index contributed by atoms with van der Waals surface area (Å²) in [4.78, 5) is 33.2. The van der Waals surface area contributed by atoms with E-state index in [1.165, 1.54) is 12.4 Å². The quantitative estimate of drug-likeness (QED) is 0.922. The average molecular weight is 312 g/mol. The lowest BCUT2D eigenvalue weighted by Gasteiger charge is -2.38. The molecule has 2 rings (SSSR count). The van der Waals surface area contributed by atoms with E-state index in [0.717, 1.165) is 6.42 Å². The predicted molar refractivity (Wildman–Crippen MR) is 77.2 cm³/mol. The van der Waals surface area contributed by atoms with E-state index in [0.29, 0.717) is 32.4 Å². The van der Waals surface area contributed by atoms with E-state index in [-0.39, 0.29) is 16.8 Å². The summed E-state index contributed by atoms with van der Waals surface area (Å²) in [5, 5.41) is 9.63. The van der Waals surface area contributed by atoms with Gasteiger partial charge < -0.3 is 10.0 Å². The lowest BCUT2D eigenvalue weighted by Crippen LogP contribution is -2.46. The SMILES string of the molecule is CCCC1(C(=O)O)CCN(C(=O)c2cncc(Cl)n2)CC1. The van der Waals surface area contributed by atoms with Gasteiger partial charge in [-0.2, -0.15) is 0 Å². The molecule has 0 unspecified atom stereocenters. The molecule has 114 valence electrons. The van der Waals surface area contributed by atoms with Crippen molar-refractivity contribution < 1.29 is 14.7 Å². The maximum Gasteiger partial charge on any atom is 0.309 e. The molecule has 21 heavy (non-hydrogen) atoms. The van der Waals surface area contributed by atoms with Gasteiger partial charge in [0.05, 0.1) is 17.8 Å². The maximum absolute atomic E-state index is 12.3. The van der Waals surface area contributed by atoms with Gasteiger partial charge in [0.1, 0.15) is 10.8 Å². The molecule has 1 aliphatic heterocycles. The normalized spacial score (nSPS) is 17.5. The van der Waals surface area contributed by atoms with Crippen molar-refractivity contribution in [3.05, 3.63) is 23.2 Å². The van der Waals surface area contributed by atoms with Gasteiger partial charge in [0.25, 0.3) is 5.91 Å². The Labute approximate surface area is 128 Å². The number of likely N-dealkylation sites (tertiary alicyclic amines) is 1. The van der Waals surface area contributed by atoms with Crippen LogP contribution < -0.4 is 0 Å². The molecule has 0 aliphatic carbocycles. The molecule has 1 aromatic rings. The highest BCUT2D eigenvalue weighted by atomic mass is 35.5. The van der Waals surface area contributed by atoms with E-state index in [1.54, 1.807) is 4.90 Å². The van der Waals surface area contributed by atoms with Crippen molar-refractivity contribution in [3.63, 3.8) is 0 Å². The van der Waals surface area contributed by atoms with Crippen LogP contribution in [0.3, 0.4) is 0 Å². The number of carbonyl (C=O) groups excluding carboxylic acids is 1. The number of rotatable bonds is 4. The third-order valence-electron chi connectivity index (χ3n) is 4.01. The minimum absolute atomic E-state index is 0.170. The van der Waals surface area contributed by atoms with Crippen molar-refractivity contribution in [1.29, 1.82) is 0 Å². The first-order valence-electron chi connectivity index (χ1n) is 6.99. The Kier molecular flexibility index (Phi) is 4.77. The second-order valence-corrected chi connectivity index (χ2v) is 5.74. The molecule has 0 saturated carbocycles. The molecule has 1 fully saturated rings. The van der Waals surface area contributed by atoms with E-state index >= 15 is 0 Å². The maximum atomic E-state index is 12.3. The molecule has 6 nitrogen and oxygen atoms in total. The number of nitrogens with zero attached hydrogens (tertiary/aromatic N) is 3. The number of hydrogen-bond acceptors (Lipinski definition) is 4. The van der Waals surface area contributed by atoms with E-state index in [9.17, 15) is 14.7 Å². The van der Waals surface area contributed by atoms with Crippen LogP contribution >= 0.6 is 11.6 Å². The van der Waals surface area contributed by atoms with Crippen LogP contribution in [-0.4, -0.2) is 44.9 Å². The van der Waals surface area contributed by atoms with E-state index in [4.69, 9.17) is 11.6 Å². The minimum Gasteiger partial charge on any atom is -0.481 e. The molecule has 0 atom stereocenters. The molecule has 0 radical (unpaired) electrons. The zero-order valence-electron chi connectivity index (χ0n) is 11.9. The molecular weight excluding hydrogens is 294 g/mol. The van der Waals surface area contributed by atoms with Gasteiger partial charge >= 0.3 is 5.97 Å². The van der Waals surface area contributed by atoms with Crippen molar-refractivity contribution in [2.75, 3.05) is 13.1 Å². The van der Waals surface area contributed by atoms with E-state index in [2.05, 4.69) is 9.97 Å². The molecule has 1 aromatic heterocycles. The van der Waals surface area contributed by atoms with E-state index in [1.807, 2.05) is 6.92 Å². The summed E-state index contributed by atoms with van der Waals surface area (Å²) in [6, 6.07) is 0. The fourth-order valence-corrected chi connectivity index (χ4v) is 2.94. The molecule has 2 heterocycles. The third kappa shape index (κ3) is 3.32. The zero-order chi connectivity index (χ0) is 15.5. The monoisotopic (exact) mass is 311 g/mol. The first-order chi connectivity index (χ1) is 9.98. The van der Waals surface area contributed by atoms with Gasteiger partial charge in [-0.1, -0.05) is 24.9 Å². The summed E-state index contributed by atoms with van der Waals surface area (Å²) >= 11 is 5.73. The number of aliphatic carboxylic acids is 1. The molecule has 0 bridgehead atoms. The van der Waals surface area contributed by atoms with Gasteiger partial charge in [-0.15, -0.1) is 0 Å². The largest absolute Gasteiger partial charge is 0.481 e. The molecule has 0 spiro atoms. The topological polar surface area (TPSA) is 83.4 Å². The van der Waals surface area contributed by atoms with Crippen molar-refractivity contribution in [2.45, 2.75) is 32.6 Å². The fraction of sp³-hybridized carbons (Fsp3) is 0.571. The minimum atomic E-state index is -0.765. The van der Waals surface area contributed by atoms with Gasteiger partial charge in [-0.05, 0) is 19.3 Å². The molecule has 7 heteroatoms. The highest BCUT2D eigenvalue weighted by Gasteiger charge is 2.41. The number of amides is 1. The van der Waals surface area contributed by atoms with Crippen LogP contribution in [0.1, 0.15) is 43.1 Å². The van der Waals surface area contributed by atoms with Crippen LogP contribution in [0.15, 0.2) is 12.4 Å². The lowest BCUT2D eigenvalue weighted by molar-refractivity contribution is -0.152. The lowest BCUT2D eigenvalue weighted by atomic mass is 9.75. The second kappa shape index (κ2) is 6.39. The van der Waals surface area contributed by atoms with Crippen molar-refractivity contribution in [3.8, 4) is 0 Å². The first-order valence-corrected chi connectivity index (χ1v) is 7.36. The molecule has 1 amide bonds. The Morgan fingerprint density at radius 1 is 1.38 bits per heavy atom. The summed E-state index contributed by atoms with van der Waals surface area (Å²) in [6.07, 6.45) is 5.14. The smallest absolute Gasteiger partial charge is 0.309 e. The summed E-state index contributed by atoms with van der Waals surface area (Å²) in [5.41, 5.74) is -0.508. The molecule has 1 saturated heterocycles. The highest BCUT2D eigenvalue weighted by Crippen LogP contribution is 2.36. The average Bonchev–Trinajstić information content (AvgIpc) is 2.47. The number of piperidine rings is 1. The van der Waals surface area contributed by atoms with Crippen molar-refractivity contribution in [2.24, 2.45) is 5.41 Å². The summed E-state index contributed by atoms with van der Waals surface area (Å²) in [5.74, 6) is -1.01. The Hall–Kier alpha value is -1.69. The van der Waals surface area contributed by atoms with Crippen LogP contribution in [0, 0.1) is 5.41 Å². The Balaban J connectivity index is 2.06. The number of hydrogen-bond donors (Lipinski definition) is 1. The van der Waals surface area contributed by atoms with Gasteiger partial charge in [0.15, 0.2) is 0 Å². The number of halogens is 1. The first kappa shape index (κ1) is 15.7. The molecule has 1 N–H and O–H groups in total. The van der Waals surface area contributed by atoms with Gasteiger partial charge in [-0.25, -0.2) is 4.98 Å².